The zero-order chi connectivity index (χ0) is 17.1. The zero-order valence-corrected chi connectivity index (χ0v) is 14.5. The third-order valence-electron chi connectivity index (χ3n) is 4.41. The predicted octanol–water partition coefficient (Wildman–Crippen LogP) is 0.552. The number of thioether (sulfide) groups is 1. The summed E-state index contributed by atoms with van der Waals surface area (Å²) >= 11 is 1.88. The van der Waals surface area contributed by atoms with E-state index in [0.29, 0.717) is 31.3 Å². The van der Waals surface area contributed by atoms with E-state index in [1.165, 1.54) is 6.07 Å². The number of piperidine rings is 1. The first kappa shape index (κ1) is 17.0. The molecule has 2 aliphatic rings. The van der Waals surface area contributed by atoms with Gasteiger partial charge in [-0.25, -0.2) is 4.98 Å². The first-order valence-electron chi connectivity index (χ1n) is 8.25. The molecule has 0 bridgehead atoms. The van der Waals surface area contributed by atoms with Crippen LogP contribution in [0, 0.1) is 12.8 Å². The largest absolute Gasteiger partial charge is 0.353 e. The normalized spacial score (nSPS) is 19.0. The summed E-state index contributed by atoms with van der Waals surface area (Å²) in [4.78, 5) is 44.2. The molecular weight excluding hydrogens is 328 g/mol. The average molecular weight is 350 g/mol. The minimum Gasteiger partial charge on any atom is -0.353 e. The van der Waals surface area contributed by atoms with Gasteiger partial charge in [-0.3, -0.25) is 14.4 Å². The van der Waals surface area contributed by atoms with Gasteiger partial charge in [0.15, 0.2) is 0 Å². The number of nitrogens with one attached hydrogen (secondary N) is 2. The van der Waals surface area contributed by atoms with Crippen LogP contribution in [0.15, 0.2) is 10.9 Å². The van der Waals surface area contributed by atoms with Crippen molar-refractivity contribution in [3.05, 3.63) is 27.9 Å². The highest BCUT2D eigenvalue weighted by molar-refractivity contribution is 8.00. The molecule has 130 valence electrons. The van der Waals surface area contributed by atoms with E-state index in [0.717, 1.165) is 24.3 Å². The standard InChI is InChI=1S/C16H22N4O3S/c1-10-17-13(7-15(22)18-10)16(23)20-4-2-12(3-5-20)19-14(21)6-11-8-24-9-11/h7,11-12H,2-6,8-9H2,1H3,(H,19,21)(H,17,18,22). The van der Waals surface area contributed by atoms with Gasteiger partial charge in [-0.2, -0.15) is 11.8 Å². The quantitative estimate of drug-likeness (QED) is 0.827. The molecule has 2 aliphatic heterocycles. The van der Waals surface area contributed by atoms with Gasteiger partial charge in [-0.05, 0) is 37.2 Å². The Morgan fingerprint density at radius 3 is 2.67 bits per heavy atom. The molecule has 0 saturated carbocycles. The first-order chi connectivity index (χ1) is 11.5. The van der Waals surface area contributed by atoms with Crippen LogP contribution in [-0.4, -0.2) is 57.3 Å². The van der Waals surface area contributed by atoms with Gasteiger partial charge in [0.05, 0.1) is 0 Å². The summed E-state index contributed by atoms with van der Waals surface area (Å²) in [5.74, 6) is 3.04. The van der Waals surface area contributed by atoms with Crippen molar-refractivity contribution >= 4 is 23.6 Å². The number of carbonyl (C=O) groups excluding carboxylic acids is 2. The van der Waals surface area contributed by atoms with Gasteiger partial charge in [0.1, 0.15) is 11.5 Å². The average Bonchev–Trinajstić information content (AvgIpc) is 2.50. The maximum atomic E-state index is 12.4. The Hall–Kier alpha value is -1.83. The summed E-state index contributed by atoms with van der Waals surface area (Å²) in [7, 11) is 0. The summed E-state index contributed by atoms with van der Waals surface area (Å²) < 4.78 is 0. The second-order valence-corrected chi connectivity index (χ2v) is 7.53. The highest BCUT2D eigenvalue weighted by Gasteiger charge is 2.27. The first-order valence-corrected chi connectivity index (χ1v) is 9.41. The van der Waals surface area contributed by atoms with Gasteiger partial charge in [0.25, 0.3) is 11.5 Å². The molecule has 2 saturated heterocycles. The van der Waals surface area contributed by atoms with E-state index in [9.17, 15) is 14.4 Å². The van der Waals surface area contributed by atoms with Crippen LogP contribution in [0.2, 0.25) is 0 Å². The Morgan fingerprint density at radius 1 is 1.38 bits per heavy atom. The van der Waals surface area contributed by atoms with Crippen LogP contribution in [0.25, 0.3) is 0 Å². The number of likely N-dealkylation sites (tertiary alicyclic amines) is 1. The molecule has 0 aromatic carbocycles. The Morgan fingerprint density at radius 2 is 2.08 bits per heavy atom. The molecular formula is C16H22N4O3S. The minimum absolute atomic E-state index is 0.122. The summed E-state index contributed by atoms with van der Waals surface area (Å²) in [6, 6.07) is 1.36. The molecule has 0 aliphatic carbocycles. The highest BCUT2D eigenvalue weighted by atomic mass is 32.2. The summed E-state index contributed by atoms with van der Waals surface area (Å²) in [6.45, 7) is 2.79. The molecule has 24 heavy (non-hydrogen) atoms. The van der Waals surface area contributed by atoms with E-state index in [1.807, 2.05) is 11.8 Å². The SMILES string of the molecule is Cc1nc(C(=O)N2CCC(NC(=O)CC3CSC3)CC2)cc(=O)[nH]1. The lowest BCUT2D eigenvalue weighted by Crippen LogP contribution is -2.47. The maximum Gasteiger partial charge on any atom is 0.272 e. The van der Waals surface area contributed by atoms with Gasteiger partial charge in [0.2, 0.25) is 5.91 Å². The number of aromatic nitrogens is 2. The number of aryl methyl sites for hydroxylation is 1. The lowest BCUT2D eigenvalue weighted by atomic mass is 10.0. The minimum atomic E-state index is -0.317. The number of amides is 2. The van der Waals surface area contributed by atoms with E-state index < -0.39 is 0 Å². The number of aromatic amines is 1. The third kappa shape index (κ3) is 4.17. The van der Waals surface area contributed by atoms with E-state index >= 15 is 0 Å². The van der Waals surface area contributed by atoms with Crippen LogP contribution in [0.4, 0.5) is 0 Å². The topological polar surface area (TPSA) is 95.2 Å². The van der Waals surface area contributed by atoms with Crippen molar-refractivity contribution in [2.75, 3.05) is 24.6 Å². The van der Waals surface area contributed by atoms with Crippen molar-refractivity contribution in [1.29, 1.82) is 0 Å². The van der Waals surface area contributed by atoms with Crippen molar-refractivity contribution in [2.24, 2.45) is 5.92 Å². The van der Waals surface area contributed by atoms with Gasteiger partial charge < -0.3 is 15.2 Å². The molecule has 1 aromatic rings. The van der Waals surface area contributed by atoms with Crippen molar-refractivity contribution in [3.63, 3.8) is 0 Å². The van der Waals surface area contributed by atoms with Gasteiger partial charge in [-0.1, -0.05) is 0 Å². The maximum absolute atomic E-state index is 12.4. The number of hydrogen-bond donors (Lipinski definition) is 2. The van der Waals surface area contributed by atoms with Crippen molar-refractivity contribution in [2.45, 2.75) is 32.2 Å². The summed E-state index contributed by atoms with van der Waals surface area (Å²) in [6.07, 6.45) is 2.08. The summed E-state index contributed by atoms with van der Waals surface area (Å²) in [5, 5.41) is 3.08. The Bertz CT molecular complexity index is 678. The zero-order valence-electron chi connectivity index (χ0n) is 13.7. The Balaban J connectivity index is 1.49. The number of carbonyl (C=O) groups is 2. The Labute approximate surface area is 144 Å². The number of rotatable bonds is 4. The van der Waals surface area contributed by atoms with Crippen LogP contribution < -0.4 is 10.9 Å². The van der Waals surface area contributed by atoms with Crippen LogP contribution in [0.1, 0.15) is 35.6 Å². The fraction of sp³-hybridized carbons (Fsp3) is 0.625. The third-order valence-corrected chi connectivity index (χ3v) is 5.82. The van der Waals surface area contributed by atoms with E-state index in [4.69, 9.17) is 0 Å². The van der Waals surface area contributed by atoms with Gasteiger partial charge in [-0.15, -0.1) is 0 Å². The fourth-order valence-electron chi connectivity index (χ4n) is 3.03. The lowest BCUT2D eigenvalue weighted by Gasteiger charge is -2.33. The molecule has 0 radical (unpaired) electrons. The monoisotopic (exact) mass is 350 g/mol. The molecule has 2 N–H and O–H groups in total. The van der Waals surface area contributed by atoms with Gasteiger partial charge >= 0.3 is 0 Å². The molecule has 0 atom stereocenters. The second-order valence-electron chi connectivity index (χ2n) is 6.46. The predicted molar refractivity (Wildman–Crippen MR) is 92.1 cm³/mol. The summed E-state index contributed by atoms with van der Waals surface area (Å²) in [5.41, 5.74) is -0.136. The van der Waals surface area contributed by atoms with E-state index in [1.54, 1.807) is 11.8 Å². The van der Waals surface area contributed by atoms with Gasteiger partial charge in [0, 0.05) is 31.6 Å². The molecule has 3 heterocycles. The van der Waals surface area contributed by atoms with Crippen LogP contribution in [0.3, 0.4) is 0 Å². The second kappa shape index (κ2) is 7.38. The molecule has 2 amide bonds. The fourth-order valence-corrected chi connectivity index (χ4v) is 3.83. The molecule has 2 fully saturated rings. The van der Waals surface area contributed by atoms with Crippen LogP contribution in [0.5, 0.6) is 0 Å². The molecule has 7 nitrogen and oxygen atoms in total. The van der Waals surface area contributed by atoms with E-state index in [2.05, 4.69) is 15.3 Å². The molecule has 0 spiro atoms. The van der Waals surface area contributed by atoms with E-state index in [-0.39, 0.29) is 29.1 Å². The molecule has 8 heteroatoms. The van der Waals surface area contributed by atoms with Crippen LogP contribution in [-0.2, 0) is 4.79 Å². The lowest BCUT2D eigenvalue weighted by molar-refractivity contribution is -0.122. The molecule has 0 unspecified atom stereocenters. The van der Waals surface area contributed by atoms with Crippen molar-refractivity contribution in [3.8, 4) is 0 Å². The van der Waals surface area contributed by atoms with Crippen LogP contribution >= 0.6 is 11.8 Å². The van der Waals surface area contributed by atoms with Crippen molar-refractivity contribution < 1.29 is 9.59 Å². The van der Waals surface area contributed by atoms with Crippen molar-refractivity contribution in [1.82, 2.24) is 20.2 Å². The smallest absolute Gasteiger partial charge is 0.272 e. The number of nitrogens with zero attached hydrogens (tertiary/aromatic N) is 2. The highest BCUT2D eigenvalue weighted by Crippen LogP contribution is 2.27. The number of hydrogen-bond acceptors (Lipinski definition) is 5. The Kier molecular flexibility index (Phi) is 5.23. The molecule has 1 aromatic heterocycles. The number of H-pyrrole nitrogens is 1. The molecule has 3 rings (SSSR count).